The van der Waals surface area contributed by atoms with Crippen molar-refractivity contribution < 1.29 is 0 Å². The molecule has 1 heterocycles. The molecule has 0 fully saturated rings. The summed E-state index contributed by atoms with van der Waals surface area (Å²) in [6.07, 6.45) is 0. The standard InChI is InChI=1S/C10H9ClS2/c1-6-2-9-7(5-11)3-8(12)4-10(9)13-6/h2-4,12H,5H2,1H3. The zero-order valence-electron chi connectivity index (χ0n) is 7.17. The molecule has 0 nitrogen and oxygen atoms in total. The Morgan fingerprint density at radius 1 is 1.38 bits per heavy atom. The van der Waals surface area contributed by atoms with Crippen molar-refractivity contribution >= 4 is 45.7 Å². The van der Waals surface area contributed by atoms with Crippen LogP contribution in [0.25, 0.3) is 10.1 Å². The lowest BCUT2D eigenvalue weighted by Gasteiger charge is -1.99. The highest BCUT2D eigenvalue weighted by Crippen LogP contribution is 2.31. The zero-order chi connectivity index (χ0) is 9.42. The smallest absolute Gasteiger partial charge is 0.0480 e. The molecule has 0 aliphatic carbocycles. The Hall–Kier alpha value is -0.180. The summed E-state index contributed by atoms with van der Waals surface area (Å²) >= 11 is 12.0. The maximum absolute atomic E-state index is 5.86. The summed E-state index contributed by atoms with van der Waals surface area (Å²) < 4.78 is 1.28. The summed E-state index contributed by atoms with van der Waals surface area (Å²) in [6, 6.07) is 6.31. The Morgan fingerprint density at radius 2 is 2.15 bits per heavy atom. The fraction of sp³-hybridized carbons (Fsp3) is 0.200. The number of halogens is 1. The summed E-state index contributed by atoms with van der Waals surface area (Å²) in [5, 5.41) is 1.27. The Bertz CT molecular complexity index is 445. The fourth-order valence-electron chi connectivity index (χ4n) is 1.43. The summed E-state index contributed by atoms with van der Waals surface area (Å²) in [5.41, 5.74) is 1.17. The number of benzene rings is 1. The molecule has 0 radical (unpaired) electrons. The van der Waals surface area contributed by atoms with Crippen LogP contribution in [0.2, 0.25) is 0 Å². The average Bonchev–Trinajstić information content (AvgIpc) is 2.43. The van der Waals surface area contributed by atoms with Crippen LogP contribution < -0.4 is 0 Å². The average molecular weight is 229 g/mol. The third kappa shape index (κ3) is 1.71. The monoisotopic (exact) mass is 228 g/mol. The first-order valence-corrected chi connectivity index (χ1v) is 5.78. The molecule has 0 atom stereocenters. The molecule has 0 aliphatic heterocycles. The van der Waals surface area contributed by atoms with Crippen molar-refractivity contribution in [2.24, 2.45) is 0 Å². The molecule has 3 heteroatoms. The minimum atomic E-state index is 0.557. The molecule has 68 valence electrons. The van der Waals surface area contributed by atoms with E-state index >= 15 is 0 Å². The van der Waals surface area contributed by atoms with E-state index in [4.69, 9.17) is 11.6 Å². The van der Waals surface area contributed by atoms with Crippen LogP contribution in [0, 0.1) is 6.92 Å². The van der Waals surface area contributed by atoms with E-state index in [-0.39, 0.29) is 0 Å². The van der Waals surface area contributed by atoms with Gasteiger partial charge in [-0.15, -0.1) is 35.6 Å². The number of alkyl halides is 1. The van der Waals surface area contributed by atoms with Crippen LogP contribution in [0.1, 0.15) is 10.4 Å². The van der Waals surface area contributed by atoms with Crippen molar-refractivity contribution in [3.05, 3.63) is 28.6 Å². The predicted molar refractivity (Wildman–Crippen MR) is 63.4 cm³/mol. The van der Waals surface area contributed by atoms with E-state index in [1.807, 2.05) is 6.07 Å². The minimum absolute atomic E-state index is 0.557. The Morgan fingerprint density at radius 3 is 2.85 bits per heavy atom. The first-order chi connectivity index (χ1) is 6.20. The van der Waals surface area contributed by atoms with E-state index in [0.717, 1.165) is 4.90 Å². The number of hydrogen-bond acceptors (Lipinski definition) is 2. The van der Waals surface area contributed by atoms with Crippen LogP contribution in [0.3, 0.4) is 0 Å². The van der Waals surface area contributed by atoms with Gasteiger partial charge in [0.05, 0.1) is 0 Å². The van der Waals surface area contributed by atoms with Crippen molar-refractivity contribution in [3.63, 3.8) is 0 Å². The SMILES string of the molecule is Cc1cc2c(CCl)cc(S)cc2s1. The van der Waals surface area contributed by atoms with E-state index in [0.29, 0.717) is 5.88 Å². The first-order valence-electron chi connectivity index (χ1n) is 3.98. The van der Waals surface area contributed by atoms with Crippen LogP contribution in [0.4, 0.5) is 0 Å². The van der Waals surface area contributed by atoms with Crippen molar-refractivity contribution in [1.29, 1.82) is 0 Å². The lowest BCUT2D eigenvalue weighted by Crippen LogP contribution is -1.78. The van der Waals surface area contributed by atoms with Gasteiger partial charge in [0.15, 0.2) is 0 Å². The Kier molecular flexibility index (Phi) is 2.54. The molecule has 0 aliphatic rings. The second-order valence-electron chi connectivity index (χ2n) is 3.01. The Balaban J connectivity index is 2.80. The van der Waals surface area contributed by atoms with Gasteiger partial charge in [-0.2, -0.15) is 0 Å². The van der Waals surface area contributed by atoms with Gasteiger partial charge in [-0.25, -0.2) is 0 Å². The fourth-order valence-corrected chi connectivity index (χ4v) is 3.04. The van der Waals surface area contributed by atoms with Gasteiger partial charge < -0.3 is 0 Å². The van der Waals surface area contributed by atoms with E-state index < -0.39 is 0 Å². The van der Waals surface area contributed by atoms with Crippen LogP contribution >= 0.6 is 35.6 Å². The molecule has 1 aromatic carbocycles. The molecule has 0 spiro atoms. The molecule has 13 heavy (non-hydrogen) atoms. The molecule has 0 amide bonds. The largest absolute Gasteiger partial charge is 0.143 e. The highest BCUT2D eigenvalue weighted by atomic mass is 35.5. The van der Waals surface area contributed by atoms with Crippen molar-refractivity contribution in [3.8, 4) is 0 Å². The number of aryl methyl sites for hydroxylation is 1. The van der Waals surface area contributed by atoms with Gasteiger partial charge in [0.25, 0.3) is 0 Å². The van der Waals surface area contributed by atoms with Gasteiger partial charge in [0, 0.05) is 20.4 Å². The maximum Gasteiger partial charge on any atom is 0.0480 e. The van der Waals surface area contributed by atoms with Crippen molar-refractivity contribution in [2.75, 3.05) is 0 Å². The normalized spacial score (nSPS) is 11.0. The summed E-state index contributed by atoms with van der Waals surface area (Å²) in [7, 11) is 0. The van der Waals surface area contributed by atoms with E-state index in [1.54, 1.807) is 11.3 Å². The first kappa shape index (κ1) is 9.38. The third-order valence-electron chi connectivity index (χ3n) is 1.98. The summed E-state index contributed by atoms with van der Waals surface area (Å²) in [4.78, 5) is 2.31. The number of thiophene rings is 1. The lowest BCUT2D eigenvalue weighted by atomic mass is 10.1. The van der Waals surface area contributed by atoms with Gasteiger partial charge in [-0.3, -0.25) is 0 Å². The van der Waals surface area contributed by atoms with Gasteiger partial charge in [-0.05, 0) is 36.1 Å². The topological polar surface area (TPSA) is 0 Å². The number of thiol groups is 1. The molecule has 2 rings (SSSR count). The second kappa shape index (κ2) is 3.52. The van der Waals surface area contributed by atoms with Crippen LogP contribution in [0.5, 0.6) is 0 Å². The van der Waals surface area contributed by atoms with Gasteiger partial charge >= 0.3 is 0 Å². The maximum atomic E-state index is 5.86. The molecule has 0 N–H and O–H groups in total. The summed E-state index contributed by atoms with van der Waals surface area (Å²) in [6.45, 7) is 2.11. The molecule has 0 saturated carbocycles. The third-order valence-corrected chi connectivity index (χ3v) is 3.52. The van der Waals surface area contributed by atoms with Crippen LogP contribution in [0.15, 0.2) is 23.1 Å². The summed E-state index contributed by atoms with van der Waals surface area (Å²) in [5.74, 6) is 0.557. The lowest BCUT2D eigenvalue weighted by molar-refractivity contribution is 1.38. The Labute approximate surface area is 91.9 Å². The molecular formula is C10H9ClS2. The molecular weight excluding hydrogens is 220 g/mol. The van der Waals surface area contributed by atoms with Crippen molar-refractivity contribution in [2.45, 2.75) is 17.7 Å². The van der Waals surface area contributed by atoms with Gasteiger partial charge in [0.2, 0.25) is 0 Å². The van der Waals surface area contributed by atoms with Gasteiger partial charge in [-0.1, -0.05) is 0 Å². The van der Waals surface area contributed by atoms with Crippen molar-refractivity contribution in [1.82, 2.24) is 0 Å². The minimum Gasteiger partial charge on any atom is -0.143 e. The molecule has 1 aromatic heterocycles. The molecule has 0 bridgehead atoms. The van der Waals surface area contributed by atoms with Crippen LogP contribution in [-0.4, -0.2) is 0 Å². The van der Waals surface area contributed by atoms with Gasteiger partial charge in [0.1, 0.15) is 0 Å². The highest BCUT2D eigenvalue weighted by molar-refractivity contribution is 7.80. The molecule has 0 unspecified atom stereocenters. The molecule has 0 saturated heterocycles. The second-order valence-corrected chi connectivity index (χ2v) is 5.08. The zero-order valence-corrected chi connectivity index (χ0v) is 9.64. The number of fused-ring (bicyclic) bond motifs is 1. The highest BCUT2D eigenvalue weighted by Gasteiger charge is 2.04. The number of rotatable bonds is 1. The van der Waals surface area contributed by atoms with E-state index in [2.05, 4.69) is 31.7 Å². The quantitative estimate of drug-likeness (QED) is 0.548. The van der Waals surface area contributed by atoms with E-state index in [9.17, 15) is 0 Å². The molecule has 2 aromatic rings. The number of hydrogen-bond donors (Lipinski definition) is 1. The van der Waals surface area contributed by atoms with Crippen LogP contribution in [-0.2, 0) is 5.88 Å². The van der Waals surface area contributed by atoms with E-state index in [1.165, 1.54) is 20.5 Å². The predicted octanol–water partition coefficient (Wildman–Crippen LogP) is 4.24.